The van der Waals surface area contributed by atoms with Gasteiger partial charge in [0.05, 0.1) is 18.4 Å². The average Bonchev–Trinajstić information content (AvgIpc) is 3.51. The zero-order valence-corrected chi connectivity index (χ0v) is 18.8. The van der Waals surface area contributed by atoms with Crippen LogP contribution >= 0.6 is 0 Å². The van der Waals surface area contributed by atoms with Gasteiger partial charge in [-0.05, 0) is 48.9 Å². The van der Waals surface area contributed by atoms with Gasteiger partial charge < -0.3 is 15.0 Å². The Kier molecular flexibility index (Phi) is 5.82. The Morgan fingerprint density at radius 2 is 1.74 bits per heavy atom. The first-order valence-electron chi connectivity index (χ1n) is 11.1. The zero-order chi connectivity index (χ0) is 23.5. The number of hydrogen-bond acceptors (Lipinski definition) is 4. The first kappa shape index (κ1) is 21.5. The highest BCUT2D eigenvalue weighted by molar-refractivity contribution is 6.08. The molecule has 4 aromatic rings. The van der Waals surface area contributed by atoms with Gasteiger partial charge in [0.1, 0.15) is 11.4 Å². The molecule has 5 rings (SSSR count). The van der Waals surface area contributed by atoms with Gasteiger partial charge in [-0.1, -0.05) is 36.4 Å². The number of anilines is 2. The maximum absolute atomic E-state index is 13.5. The third-order valence-corrected chi connectivity index (χ3v) is 5.83. The lowest BCUT2D eigenvalue weighted by atomic mass is 10.1. The van der Waals surface area contributed by atoms with Gasteiger partial charge in [0.15, 0.2) is 0 Å². The Balaban J connectivity index is 1.52. The lowest BCUT2D eigenvalue weighted by Crippen LogP contribution is -2.23. The summed E-state index contributed by atoms with van der Waals surface area (Å²) in [5.41, 5.74) is 3.89. The van der Waals surface area contributed by atoms with Crippen LogP contribution in [-0.2, 0) is 4.79 Å². The van der Waals surface area contributed by atoms with E-state index in [1.54, 1.807) is 22.9 Å². The first-order chi connectivity index (χ1) is 16.6. The van der Waals surface area contributed by atoms with Crippen molar-refractivity contribution in [3.63, 3.8) is 0 Å². The summed E-state index contributed by atoms with van der Waals surface area (Å²) in [6.45, 7) is 0.692. The van der Waals surface area contributed by atoms with Crippen molar-refractivity contribution in [3.05, 3.63) is 90.6 Å². The van der Waals surface area contributed by atoms with E-state index in [1.807, 2.05) is 78.9 Å². The maximum Gasteiger partial charge on any atom is 0.259 e. The number of ether oxygens (including phenoxy) is 1. The molecule has 0 aliphatic carbocycles. The van der Waals surface area contributed by atoms with Crippen molar-refractivity contribution in [2.45, 2.75) is 12.8 Å². The third-order valence-electron chi connectivity index (χ3n) is 5.83. The number of methoxy groups -OCH3 is 1. The summed E-state index contributed by atoms with van der Waals surface area (Å²) in [6.07, 6.45) is 3.12. The molecule has 0 radical (unpaired) electrons. The van der Waals surface area contributed by atoms with E-state index in [9.17, 15) is 9.59 Å². The molecule has 170 valence electrons. The van der Waals surface area contributed by atoms with Crippen LogP contribution in [-0.4, -0.2) is 35.2 Å². The lowest BCUT2D eigenvalue weighted by molar-refractivity contribution is -0.117. The van der Waals surface area contributed by atoms with Crippen LogP contribution in [0.3, 0.4) is 0 Å². The van der Waals surface area contributed by atoms with Gasteiger partial charge >= 0.3 is 0 Å². The fraction of sp³-hybridized carbons (Fsp3) is 0.148. The van der Waals surface area contributed by atoms with E-state index in [4.69, 9.17) is 9.84 Å². The Hall–Kier alpha value is -4.39. The predicted octanol–water partition coefficient (Wildman–Crippen LogP) is 4.93. The van der Waals surface area contributed by atoms with Gasteiger partial charge in [0, 0.05) is 36.1 Å². The minimum absolute atomic E-state index is 0.103. The molecule has 1 aliphatic heterocycles. The predicted molar refractivity (Wildman–Crippen MR) is 132 cm³/mol. The fourth-order valence-electron chi connectivity index (χ4n) is 4.16. The second-order valence-corrected chi connectivity index (χ2v) is 8.03. The van der Waals surface area contributed by atoms with E-state index >= 15 is 0 Å². The molecular weight excluding hydrogens is 428 g/mol. The quantitative estimate of drug-likeness (QED) is 0.450. The van der Waals surface area contributed by atoms with E-state index in [2.05, 4.69) is 5.32 Å². The number of hydrogen-bond donors (Lipinski definition) is 1. The molecule has 2 heterocycles. The Labute approximate surface area is 197 Å². The largest absolute Gasteiger partial charge is 0.496 e. The third kappa shape index (κ3) is 4.15. The number of benzene rings is 3. The van der Waals surface area contributed by atoms with Gasteiger partial charge in [-0.2, -0.15) is 5.10 Å². The van der Waals surface area contributed by atoms with Crippen LogP contribution in [0.2, 0.25) is 0 Å². The number of amides is 2. The van der Waals surface area contributed by atoms with Gasteiger partial charge in [0.25, 0.3) is 5.91 Å². The molecule has 34 heavy (non-hydrogen) atoms. The van der Waals surface area contributed by atoms with E-state index in [1.165, 1.54) is 0 Å². The summed E-state index contributed by atoms with van der Waals surface area (Å²) in [6, 6.07) is 24.5. The van der Waals surface area contributed by atoms with E-state index in [0.29, 0.717) is 35.7 Å². The second-order valence-electron chi connectivity index (χ2n) is 8.03. The van der Waals surface area contributed by atoms with E-state index in [-0.39, 0.29) is 11.8 Å². The number of carbonyl (C=O) groups is 2. The Morgan fingerprint density at radius 3 is 2.50 bits per heavy atom. The molecule has 1 N–H and O–H groups in total. The zero-order valence-electron chi connectivity index (χ0n) is 18.8. The second kappa shape index (κ2) is 9.23. The molecule has 0 spiro atoms. The van der Waals surface area contributed by atoms with Crippen LogP contribution in [0.4, 0.5) is 11.4 Å². The van der Waals surface area contributed by atoms with Crippen molar-refractivity contribution in [2.24, 2.45) is 0 Å². The number of nitrogens with zero attached hydrogens (tertiary/aromatic N) is 3. The molecule has 3 aromatic carbocycles. The molecule has 0 atom stereocenters. The molecule has 0 bridgehead atoms. The number of aromatic nitrogens is 2. The summed E-state index contributed by atoms with van der Waals surface area (Å²) in [7, 11) is 1.60. The maximum atomic E-state index is 13.5. The molecule has 7 nitrogen and oxygen atoms in total. The molecule has 1 fully saturated rings. The molecule has 1 saturated heterocycles. The van der Waals surface area contributed by atoms with Crippen molar-refractivity contribution in [1.82, 2.24) is 9.78 Å². The topological polar surface area (TPSA) is 76.5 Å². The normalized spacial score (nSPS) is 13.2. The van der Waals surface area contributed by atoms with Gasteiger partial charge in [0.2, 0.25) is 5.91 Å². The summed E-state index contributed by atoms with van der Waals surface area (Å²) >= 11 is 0. The fourth-order valence-corrected chi connectivity index (χ4v) is 4.16. The summed E-state index contributed by atoms with van der Waals surface area (Å²) in [4.78, 5) is 27.4. The smallest absolute Gasteiger partial charge is 0.259 e. The monoisotopic (exact) mass is 452 g/mol. The number of carbonyl (C=O) groups excluding carboxylic acids is 2. The van der Waals surface area contributed by atoms with E-state index < -0.39 is 0 Å². The van der Waals surface area contributed by atoms with Crippen molar-refractivity contribution >= 4 is 23.2 Å². The molecule has 1 aromatic heterocycles. The average molecular weight is 453 g/mol. The first-order valence-corrected chi connectivity index (χ1v) is 11.1. The Bertz CT molecular complexity index is 1350. The van der Waals surface area contributed by atoms with Crippen molar-refractivity contribution < 1.29 is 14.3 Å². The van der Waals surface area contributed by atoms with Crippen LogP contribution in [0.1, 0.15) is 23.2 Å². The molecule has 2 amide bonds. The molecule has 0 saturated carbocycles. The Morgan fingerprint density at radius 1 is 0.971 bits per heavy atom. The minimum atomic E-state index is -0.298. The van der Waals surface area contributed by atoms with Crippen LogP contribution in [0, 0.1) is 0 Å². The van der Waals surface area contributed by atoms with Gasteiger partial charge in [-0.3, -0.25) is 9.59 Å². The van der Waals surface area contributed by atoms with Crippen LogP contribution < -0.4 is 15.0 Å². The van der Waals surface area contributed by atoms with Crippen LogP contribution in [0.25, 0.3) is 16.9 Å². The minimum Gasteiger partial charge on any atom is -0.496 e. The van der Waals surface area contributed by atoms with Crippen LogP contribution in [0.15, 0.2) is 85.1 Å². The lowest BCUT2D eigenvalue weighted by Gasteiger charge is -2.16. The molecular formula is C27H24N4O3. The van der Waals surface area contributed by atoms with Gasteiger partial charge in [-0.15, -0.1) is 0 Å². The number of nitrogens with one attached hydrogen (secondary N) is 1. The summed E-state index contributed by atoms with van der Waals surface area (Å²) in [5, 5.41) is 7.71. The number of rotatable bonds is 6. The highest BCUT2D eigenvalue weighted by Crippen LogP contribution is 2.32. The van der Waals surface area contributed by atoms with Gasteiger partial charge in [-0.25, -0.2) is 4.68 Å². The number of para-hydroxylation sites is 2. The van der Waals surface area contributed by atoms with E-state index in [0.717, 1.165) is 23.4 Å². The SMILES string of the molecule is COc1ccccc1-c1nn(-c2ccccc2)cc1C(=O)Nc1cccc(N2CCCC2=O)c1. The van der Waals surface area contributed by atoms with Crippen LogP contribution in [0.5, 0.6) is 5.75 Å². The summed E-state index contributed by atoms with van der Waals surface area (Å²) < 4.78 is 7.22. The molecule has 0 unspecified atom stereocenters. The van der Waals surface area contributed by atoms with Crippen molar-refractivity contribution in [3.8, 4) is 22.7 Å². The summed E-state index contributed by atoms with van der Waals surface area (Å²) in [5.74, 6) is 0.434. The standard InChI is InChI=1S/C27H24N4O3/c1-34-24-14-6-5-13-22(24)26-23(18-31(29-26)20-10-3-2-4-11-20)27(33)28-19-9-7-12-21(17-19)30-16-8-15-25(30)32/h2-7,9-14,17-18H,8,15-16H2,1H3,(H,28,33). The highest BCUT2D eigenvalue weighted by atomic mass is 16.5. The molecule has 1 aliphatic rings. The molecule has 7 heteroatoms. The van der Waals surface area contributed by atoms with Crippen molar-refractivity contribution in [2.75, 3.05) is 23.9 Å². The highest BCUT2D eigenvalue weighted by Gasteiger charge is 2.23. The van der Waals surface area contributed by atoms with Crippen molar-refractivity contribution in [1.29, 1.82) is 0 Å².